The lowest BCUT2D eigenvalue weighted by Gasteiger charge is -2.17. The lowest BCUT2D eigenvalue weighted by atomic mass is 9.89. The van der Waals surface area contributed by atoms with Crippen LogP contribution >= 0.6 is 11.6 Å². The molecule has 0 aliphatic heterocycles. The van der Waals surface area contributed by atoms with Crippen LogP contribution in [-0.4, -0.2) is 27.4 Å². The molecule has 0 radical (unpaired) electrons. The van der Waals surface area contributed by atoms with E-state index in [9.17, 15) is 4.79 Å². The number of anilines is 2. The first-order valence-electron chi connectivity index (χ1n) is 9.72. The lowest BCUT2D eigenvalue weighted by Crippen LogP contribution is -2.21. The van der Waals surface area contributed by atoms with Crippen LogP contribution in [0.15, 0.2) is 18.3 Å². The van der Waals surface area contributed by atoms with Gasteiger partial charge in [0.2, 0.25) is 11.9 Å². The van der Waals surface area contributed by atoms with Crippen LogP contribution in [0.25, 0.3) is 0 Å². The molecule has 0 aliphatic rings. The minimum absolute atomic E-state index is 0.125. The molecule has 0 saturated carbocycles. The topological polar surface area (TPSA) is 79.8 Å². The summed E-state index contributed by atoms with van der Waals surface area (Å²) in [5.74, 6) is 7.13. The normalized spacial score (nSPS) is 11.0. The Hall–Kier alpha value is -2.65. The van der Waals surface area contributed by atoms with Crippen molar-refractivity contribution in [1.82, 2.24) is 15.0 Å². The first kappa shape index (κ1) is 22.6. The highest BCUT2D eigenvalue weighted by atomic mass is 35.5. The minimum Gasteiger partial charge on any atom is -0.369 e. The molecule has 2 aromatic rings. The second kappa shape index (κ2) is 9.71. The number of aryl methyl sites for hydroxylation is 1. The summed E-state index contributed by atoms with van der Waals surface area (Å²) in [6, 6.07) is 3.68. The van der Waals surface area contributed by atoms with Gasteiger partial charge in [-0.05, 0) is 39.3 Å². The van der Waals surface area contributed by atoms with E-state index < -0.39 is 5.41 Å². The third kappa shape index (κ3) is 6.16. The molecule has 0 unspecified atom stereocenters. The third-order valence-electron chi connectivity index (χ3n) is 4.26. The summed E-state index contributed by atoms with van der Waals surface area (Å²) in [5, 5.41) is 6.64. The summed E-state index contributed by atoms with van der Waals surface area (Å²) < 4.78 is 0. The fourth-order valence-electron chi connectivity index (χ4n) is 2.43. The molecule has 2 aromatic heterocycles. The van der Waals surface area contributed by atoms with E-state index in [1.165, 1.54) is 0 Å². The SMILES string of the molecule is CCCNc1nc(NC(=O)C(C)C)nc(C)c1C#CC(C)(C)c1ccc(Cl)cn1. The molecule has 0 fully saturated rings. The zero-order valence-electron chi connectivity index (χ0n) is 17.9. The molecule has 0 saturated heterocycles. The number of amides is 1. The van der Waals surface area contributed by atoms with Crippen molar-refractivity contribution in [3.63, 3.8) is 0 Å². The maximum atomic E-state index is 12.0. The number of rotatable bonds is 6. The Kier molecular flexibility index (Phi) is 7.58. The van der Waals surface area contributed by atoms with Crippen LogP contribution in [0.4, 0.5) is 11.8 Å². The van der Waals surface area contributed by atoms with Gasteiger partial charge in [-0.3, -0.25) is 15.1 Å². The van der Waals surface area contributed by atoms with Crippen molar-refractivity contribution in [3.05, 3.63) is 40.3 Å². The largest absolute Gasteiger partial charge is 0.369 e. The zero-order valence-corrected chi connectivity index (χ0v) is 18.6. The van der Waals surface area contributed by atoms with Crippen molar-refractivity contribution >= 4 is 29.3 Å². The molecule has 0 aliphatic carbocycles. The van der Waals surface area contributed by atoms with Gasteiger partial charge in [0.15, 0.2) is 0 Å². The van der Waals surface area contributed by atoms with E-state index in [2.05, 4.69) is 44.4 Å². The fraction of sp³-hybridized carbons (Fsp3) is 0.455. The molecule has 0 spiro atoms. The van der Waals surface area contributed by atoms with Gasteiger partial charge in [-0.2, -0.15) is 4.98 Å². The first-order valence-corrected chi connectivity index (χ1v) is 10.1. The highest BCUT2D eigenvalue weighted by Gasteiger charge is 2.20. The molecule has 0 aromatic carbocycles. The monoisotopic (exact) mass is 413 g/mol. The summed E-state index contributed by atoms with van der Waals surface area (Å²) in [7, 11) is 0. The molecule has 2 rings (SSSR count). The second-order valence-electron chi connectivity index (χ2n) is 7.66. The van der Waals surface area contributed by atoms with Crippen LogP contribution in [0.3, 0.4) is 0 Å². The average molecular weight is 414 g/mol. The molecule has 154 valence electrons. The third-order valence-corrected chi connectivity index (χ3v) is 4.48. The van der Waals surface area contributed by atoms with Crippen molar-refractivity contribution in [1.29, 1.82) is 0 Å². The highest BCUT2D eigenvalue weighted by Crippen LogP contribution is 2.23. The van der Waals surface area contributed by atoms with E-state index in [1.54, 1.807) is 6.20 Å². The van der Waals surface area contributed by atoms with E-state index in [-0.39, 0.29) is 17.8 Å². The first-order chi connectivity index (χ1) is 13.6. The summed E-state index contributed by atoms with van der Waals surface area (Å²) in [6.45, 7) is 12.3. The van der Waals surface area contributed by atoms with Gasteiger partial charge in [0.05, 0.1) is 27.4 Å². The van der Waals surface area contributed by atoms with E-state index in [0.717, 1.165) is 18.7 Å². The molecule has 6 nitrogen and oxygen atoms in total. The number of nitrogens with zero attached hydrogens (tertiary/aromatic N) is 3. The number of hydrogen-bond acceptors (Lipinski definition) is 5. The van der Waals surface area contributed by atoms with E-state index in [4.69, 9.17) is 11.6 Å². The number of aromatic nitrogens is 3. The van der Waals surface area contributed by atoms with Gasteiger partial charge in [0.25, 0.3) is 0 Å². The molecule has 0 atom stereocenters. The van der Waals surface area contributed by atoms with Crippen molar-refractivity contribution in [2.75, 3.05) is 17.2 Å². The summed E-state index contributed by atoms with van der Waals surface area (Å²) in [4.78, 5) is 25.3. The predicted molar refractivity (Wildman–Crippen MR) is 118 cm³/mol. The van der Waals surface area contributed by atoms with Crippen LogP contribution in [0.2, 0.25) is 5.02 Å². The number of carbonyl (C=O) groups is 1. The molecule has 29 heavy (non-hydrogen) atoms. The Labute approximate surface area is 177 Å². The van der Waals surface area contributed by atoms with Crippen LogP contribution in [0.5, 0.6) is 0 Å². The summed E-state index contributed by atoms with van der Waals surface area (Å²) >= 11 is 5.94. The van der Waals surface area contributed by atoms with E-state index >= 15 is 0 Å². The molecular weight excluding hydrogens is 386 g/mol. The Morgan fingerprint density at radius 2 is 2.00 bits per heavy atom. The number of pyridine rings is 1. The fourth-order valence-corrected chi connectivity index (χ4v) is 2.54. The summed E-state index contributed by atoms with van der Waals surface area (Å²) in [5.41, 5.74) is 1.76. The number of halogens is 1. The molecule has 7 heteroatoms. The van der Waals surface area contributed by atoms with Crippen LogP contribution < -0.4 is 10.6 Å². The Morgan fingerprint density at radius 1 is 1.28 bits per heavy atom. The van der Waals surface area contributed by atoms with Gasteiger partial charge in [0, 0.05) is 18.7 Å². The lowest BCUT2D eigenvalue weighted by molar-refractivity contribution is -0.118. The average Bonchev–Trinajstić information content (AvgIpc) is 2.65. The summed E-state index contributed by atoms with van der Waals surface area (Å²) in [6.07, 6.45) is 2.55. The van der Waals surface area contributed by atoms with E-state index in [0.29, 0.717) is 22.1 Å². The predicted octanol–water partition coefficient (Wildman–Crippen LogP) is 4.58. The smallest absolute Gasteiger partial charge is 0.231 e. The molecular formula is C22H28ClN5O. The maximum absolute atomic E-state index is 12.0. The van der Waals surface area contributed by atoms with Gasteiger partial charge in [-0.1, -0.05) is 44.2 Å². The standard InChI is InChI=1S/C22H28ClN5O/c1-7-12-24-19-17(15(4)26-21(27-19)28-20(29)14(2)3)10-11-22(5,6)18-9-8-16(23)13-25-18/h8-9,13-14H,7,12H2,1-6H3,(H2,24,26,27,28,29). The van der Waals surface area contributed by atoms with Crippen LogP contribution in [0.1, 0.15) is 58.0 Å². The quantitative estimate of drug-likeness (QED) is 0.677. The van der Waals surface area contributed by atoms with Gasteiger partial charge in [-0.15, -0.1) is 0 Å². The van der Waals surface area contributed by atoms with Gasteiger partial charge in [-0.25, -0.2) is 4.98 Å². The number of nitrogens with one attached hydrogen (secondary N) is 2. The highest BCUT2D eigenvalue weighted by molar-refractivity contribution is 6.30. The van der Waals surface area contributed by atoms with Crippen molar-refractivity contribution in [2.45, 2.75) is 53.4 Å². The Morgan fingerprint density at radius 3 is 2.59 bits per heavy atom. The van der Waals surface area contributed by atoms with Crippen molar-refractivity contribution < 1.29 is 4.79 Å². The van der Waals surface area contributed by atoms with Gasteiger partial charge >= 0.3 is 0 Å². The Bertz CT molecular complexity index is 927. The maximum Gasteiger partial charge on any atom is 0.231 e. The molecule has 0 bridgehead atoms. The molecule has 1 amide bonds. The molecule has 2 N–H and O–H groups in total. The number of hydrogen-bond donors (Lipinski definition) is 2. The number of carbonyl (C=O) groups excluding carboxylic acids is 1. The van der Waals surface area contributed by atoms with Crippen molar-refractivity contribution in [2.24, 2.45) is 5.92 Å². The minimum atomic E-state index is -0.483. The second-order valence-corrected chi connectivity index (χ2v) is 8.10. The van der Waals surface area contributed by atoms with Gasteiger partial charge in [0.1, 0.15) is 5.82 Å². The van der Waals surface area contributed by atoms with Crippen LogP contribution in [-0.2, 0) is 10.2 Å². The van der Waals surface area contributed by atoms with E-state index in [1.807, 2.05) is 46.8 Å². The molecule has 2 heterocycles. The van der Waals surface area contributed by atoms with Crippen molar-refractivity contribution in [3.8, 4) is 11.8 Å². The van der Waals surface area contributed by atoms with Crippen LogP contribution in [0, 0.1) is 24.7 Å². The van der Waals surface area contributed by atoms with Gasteiger partial charge < -0.3 is 5.32 Å². The Balaban J connectivity index is 2.42. The zero-order chi connectivity index (χ0) is 21.6.